The molecule has 2 fully saturated rings. The zero-order valence-electron chi connectivity index (χ0n) is 10.1. The number of hydrogen-bond donors (Lipinski definition) is 1. The maximum atomic E-state index is 12.3. The number of carbonyl (C=O) groups excluding carboxylic acids is 1. The molecule has 0 spiro atoms. The van der Waals surface area contributed by atoms with Crippen LogP contribution in [0, 0.1) is 5.92 Å². The van der Waals surface area contributed by atoms with Crippen LogP contribution in [0.5, 0.6) is 0 Å². The lowest BCUT2D eigenvalue weighted by Gasteiger charge is -2.35. The van der Waals surface area contributed by atoms with E-state index in [0.717, 1.165) is 38.9 Å². The third-order valence-corrected chi connectivity index (χ3v) is 3.76. The van der Waals surface area contributed by atoms with Gasteiger partial charge in [-0.15, -0.1) is 0 Å². The molecule has 4 nitrogen and oxygen atoms in total. The van der Waals surface area contributed by atoms with E-state index < -0.39 is 0 Å². The third kappa shape index (κ3) is 2.32. The van der Waals surface area contributed by atoms with Crippen molar-refractivity contribution < 1.29 is 9.90 Å². The Morgan fingerprint density at radius 3 is 2.75 bits per heavy atom. The van der Waals surface area contributed by atoms with E-state index in [9.17, 15) is 9.90 Å². The van der Waals surface area contributed by atoms with Gasteiger partial charge in [0.15, 0.2) is 0 Å². The van der Waals surface area contributed by atoms with Crippen molar-refractivity contribution >= 4 is 6.03 Å². The average molecular weight is 226 g/mol. The molecule has 2 rings (SSSR count). The van der Waals surface area contributed by atoms with Crippen LogP contribution in [0.25, 0.3) is 0 Å². The van der Waals surface area contributed by atoms with E-state index in [1.807, 2.05) is 9.80 Å². The predicted molar refractivity (Wildman–Crippen MR) is 62.2 cm³/mol. The molecule has 2 amide bonds. The van der Waals surface area contributed by atoms with Crippen LogP contribution in [-0.4, -0.2) is 53.2 Å². The monoisotopic (exact) mass is 226 g/mol. The molecule has 0 aromatic heterocycles. The second-order valence-electron chi connectivity index (χ2n) is 5.15. The summed E-state index contributed by atoms with van der Waals surface area (Å²) in [5.41, 5.74) is 0. The minimum Gasteiger partial charge on any atom is -0.394 e. The number of likely N-dealkylation sites (tertiary alicyclic amines) is 2. The van der Waals surface area contributed by atoms with E-state index in [-0.39, 0.29) is 18.7 Å². The number of aliphatic hydroxyl groups is 1. The molecule has 4 heteroatoms. The Labute approximate surface area is 97.2 Å². The molecule has 1 N–H and O–H groups in total. The lowest BCUT2D eigenvalue weighted by atomic mass is 10.0. The number of amides is 2. The average Bonchev–Trinajstić information content (AvgIpc) is 2.76. The van der Waals surface area contributed by atoms with Gasteiger partial charge < -0.3 is 14.9 Å². The molecule has 0 radical (unpaired) electrons. The topological polar surface area (TPSA) is 43.8 Å². The maximum absolute atomic E-state index is 12.3. The molecule has 2 atom stereocenters. The van der Waals surface area contributed by atoms with Crippen LogP contribution in [0.4, 0.5) is 4.79 Å². The Hall–Kier alpha value is -0.770. The standard InChI is InChI=1S/C12H22N2O2/c1-10-4-2-6-13(8-10)12(16)14-7-3-5-11(14)9-15/h10-11,15H,2-9H2,1H3. The van der Waals surface area contributed by atoms with Crippen molar-refractivity contribution in [3.05, 3.63) is 0 Å². The van der Waals surface area contributed by atoms with E-state index >= 15 is 0 Å². The molecule has 16 heavy (non-hydrogen) atoms. The number of urea groups is 1. The Morgan fingerprint density at radius 2 is 2.06 bits per heavy atom. The first-order valence-electron chi connectivity index (χ1n) is 6.38. The maximum Gasteiger partial charge on any atom is 0.320 e. The predicted octanol–water partition coefficient (Wildman–Crippen LogP) is 1.30. The van der Waals surface area contributed by atoms with Crippen molar-refractivity contribution in [2.45, 2.75) is 38.6 Å². The van der Waals surface area contributed by atoms with E-state index in [2.05, 4.69) is 6.92 Å². The first-order valence-corrected chi connectivity index (χ1v) is 6.38. The van der Waals surface area contributed by atoms with Gasteiger partial charge in [0.1, 0.15) is 0 Å². The summed E-state index contributed by atoms with van der Waals surface area (Å²) in [7, 11) is 0. The summed E-state index contributed by atoms with van der Waals surface area (Å²) in [5.74, 6) is 0.618. The molecule has 0 aromatic rings. The van der Waals surface area contributed by atoms with Crippen LogP contribution in [0.15, 0.2) is 0 Å². The smallest absolute Gasteiger partial charge is 0.320 e. The second kappa shape index (κ2) is 5.04. The summed E-state index contributed by atoms with van der Waals surface area (Å²) in [6.45, 7) is 4.89. The first-order chi connectivity index (χ1) is 7.72. The molecule has 2 heterocycles. The lowest BCUT2D eigenvalue weighted by Crippen LogP contribution is -2.49. The fourth-order valence-corrected chi connectivity index (χ4v) is 2.82. The zero-order chi connectivity index (χ0) is 11.5. The highest BCUT2D eigenvalue weighted by Crippen LogP contribution is 2.22. The van der Waals surface area contributed by atoms with Crippen molar-refractivity contribution in [3.8, 4) is 0 Å². The fourth-order valence-electron chi connectivity index (χ4n) is 2.82. The molecule has 92 valence electrons. The first kappa shape index (κ1) is 11.7. The van der Waals surface area contributed by atoms with Crippen LogP contribution in [-0.2, 0) is 0 Å². The molecular formula is C12H22N2O2. The summed E-state index contributed by atoms with van der Waals surface area (Å²) in [6, 6.07) is 0.202. The number of hydrogen-bond acceptors (Lipinski definition) is 2. The fraction of sp³-hybridized carbons (Fsp3) is 0.917. The molecular weight excluding hydrogens is 204 g/mol. The van der Waals surface area contributed by atoms with E-state index in [0.29, 0.717) is 5.92 Å². The summed E-state index contributed by atoms with van der Waals surface area (Å²) in [6.07, 6.45) is 4.32. The Balaban J connectivity index is 1.95. The molecule has 0 aliphatic carbocycles. The molecule has 0 aromatic carbocycles. The number of carbonyl (C=O) groups is 1. The number of rotatable bonds is 1. The molecule has 2 saturated heterocycles. The molecule has 0 saturated carbocycles. The lowest BCUT2D eigenvalue weighted by molar-refractivity contribution is 0.110. The minimum absolute atomic E-state index is 0.0599. The van der Waals surface area contributed by atoms with Crippen molar-refractivity contribution in [2.24, 2.45) is 5.92 Å². The highest BCUT2D eigenvalue weighted by atomic mass is 16.3. The van der Waals surface area contributed by atoms with E-state index in [1.54, 1.807) is 0 Å². The van der Waals surface area contributed by atoms with Gasteiger partial charge in [-0.3, -0.25) is 0 Å². The number of piperidine rings is 1. The van der Waals surface area contributed by atoms with Gasteiger partial charge in [-0.05, 0) is 31.6 Å². The van der Waals surface area contributed by atoms with Gasteiger partial charge in [-0.25, -0.2) is 4.79 Å². The third-order valence-electron chi connectivity index (χ3n) is 3.76. The second-order valence-corrected chi connectivity index (χ2v) is 5.15. The van der Waals surface area contributed by atoms with Crippen molar-refractivity contribution in [3.63, 3.8) is 0 Å². The van der Waals surface area contributed by atoms with Gasteiger partial charge >= 0.3 is 6.03 Å². The summed E-state index contributed by atoms with van der Waals surface area (Å²) in [5, 5.41) is 9.22. The Morgan fingerprint density at radius 1 is 1.31 bits per heavy atom. The SMILES string of the molecule is CC1CCCN(C(=O)N2CCCC2CO)C1. The van der Waals surface area contributed by atoms with Crippen LogP contribution < -0.4 is 0 Å². The molecule has 2 unspecified atom stereocenters. The normalized spacial score (nSPS) is 30.9. The summed E-state index contributed by atoms with van der Waals surface area (Å²) >= 11 is 0. The Kier molecular flexibility index (Phi) is 3.69. The highest BCUT2D eigenvalue weighted by molar-refractivity contribution is 5.75. The highest BCUT2D eigenvalue weighted by Gasteiger charge is 2.32. The van der Waals surface area contributed by atoms with Gasteiger partial charge in [0.05, 0.1) is 12.6 Å². The number of aliphatic hydroxyl groups excluding tert-OH is 1. The van der Waals surface area contributed by atoms with Gasteiger partial charge in [-0.2, -0.15) is 0 Å². The van der Waals surface area contributed by atoms with Crippen LogP contribution in [0.1, 0.15) is 32.6 Å². The van der Waals surface area contributed by atoms with Gasteiger partial charge in [0.2, 0.25) is 0 Å². The van der Waals surface area contributed by atoms with E-state index in [4.69, 9.17) is 0 Å². The zero-order valence-corrected chi connectivity index (χ0v) is 10.1. The van der Waals surface area contributed by atoms with Crippen molar-refractivity contribution in [1.29, 1.82) is 0 Å². The van der Waals surface area contributed by atoms with Crippen molar-refractivity contribution in [1.82, 2.24) is 9.80 Å². The molecule has 2 aliphatic heterocycles. The van der Waals surface area contributed by atoms with Crippen LogP contribution in [0.2, 0.25) is 0 Å². The van der Waals surface area contributed by atoms with Crippen molar-refractivity contribution in [2.75, 3.05) is 26.2 Å². The van der Waals surface area contributed by atoms with Crippen LogP contribution >= 0.6 is 0 Å². The quantitative estimate of drug-likeness (QED) is 0.732. The van der Waals surface area contributed by atoms with Gasteiger partial charge in [0.25, 0.3) is 0 Å². The molecule has 0 bridgehead atoms. The van der Waals surface area contributed by atoms with Gasteiger partial charge in [0, 0.05) is 19.6 Å². The largest absolute Gasteiger partial charge is 0.394 e. The summed E-state index contributed by atoms with van der Waals surface area (Å²) < 4.78 is 0. The minimum atomic E-state index is 0.0599. The van der Waals surface area contributed by atoms with E-state index in [1.165, 1.54) is 6.42 Å². The Bertz CT molecular complexity index is 257. The summed E-state index contributed by atoms with van der Waals surface area (Å²) in [4.78, 5) is 16.1. The molecule has 2 aliphatic rings. The number of nitrogens with zero attached hydrogens (tertiary/aromatic N) is 2. The van der Waals surface area contributed by atoms with Gasteiger partial charge in [-0.1, -0.05) is 6.92 Å². The van der Waals surface area contributed by atoms with Crippen LogP contribution in [0.3, 0.4) is 0 Å².